The van der Waals surface area contributed by atoms with E-state index in [1.54, 1.807) is 28.8 Å². The maximum absolute atomic E-state index is 12.5. The van der Waals surface area contributed by atoms with Crippen molar-refractivity contribution in [3.05, 3.63) is 64.7 Å². The van der Waals surface area contributed by atoms with Crippen molar-refractivity contribution < 1.29 is 4.79 Å². The predicted octanol–water partition coefficient (Wildman–Crippen LogP) is 3.63. The Labute approximate surface area is 167 Å². The number of thioether (sulfide) groups is 1. The summed E-state index contributed by atoms with van der Waals surface area (Å²) in [5, 5.41) is 12.9. The first-order valence-electron chi connectivity index (χ1n) is 8.55. The summed E-state index contributed by atoms with van der Waals surface area (Å²) in [7, 11) is 1.80. The zero-order valence-corrected chi connectivity index (χ0v) is 16.7. The van der Waals surface area contributed by atoms with Crippen LogP contribution in [0.5, 0.6) is 0 Å². The monoisotopic (exact) mass is 401 g/mol. The number of nitrogens with zero attached hydrogens (tertiary/aromatic N) is 5. The van der Waals surface area contributed by atoms with Gasteiger partial charge < -0.3 is 4.90 Å². The molecule has 0 N–H and O–H groups in total. The van der Waals surface area contributed by atoms with E-state index in [9.17, 15) is 4.79 Å². The number of hydrogen-bond acceptors (Lipinski definition) is 5. The van der Waals surface area contributed by atoms with E-state index < -0.39 is 0 Å². The zero-order valence-electron chi connectivity index (χ0n) is 15.2. The highest BCUT2D eigenvalue weighted by Crippen LogP contribution is 2.20. The molecule has 0 saturated carbocycles. The van der Waals surface area contributed by atoms with E-state index in [4.69, 9.17) is 11.6 Å². The number of tetrazole rings is 1. The molecule has 0 fully saturated rings. The molecule has 140 valence electrons. The number of carbonyl (C=O) groups is 1. The number of carbonyl (C=O) groups excluding carboxylic acids is 1. The van der Waals surface area contributed by atoms with Crippen molar-refractivity contribution >= 4 is 29.3 Å². The number of amides is 1. The second-order valence-corrected chi connectivity index (χ2v) is 7.44. The summed E-state index contributed by atoms with van der Waals surface area (Å²) in [4.78, 5) is 14.2. The van der Waals surface area contributed by atoms with Gasteiger partial charge in [0.1, 0.15) is 0 Å². The van der Waals surface area contributed by atoms with Crippen LogP contribution in [0.15, 0.2) is 53.7 Å². The topological polar surface area (TPSA) is 63.9 Å². The smallest absolute Gasteiger partial charge is 0.233 e. The summed E-state index contributed by atoms with van der Waals surface area (Å²) in [6.45, 7) is 2.70. The number of aromatic nitrogens is 4. The molecule has 1 heterocycles. The van der Waals surface area contributed by atoms with Crippen LogP contribution in [0.2, 0.25) is 5.02 Å². The van der Waals surface area contributed by atoms with Crippen LogP contribution in [0.4, 0.5) is 0 Å². The first-order valence-corrected chi connectivity index (χ1v) is 9.92. The van der Waals surface area contributed by atoms with E-state index in [-0.39, 0.29) is 11.7 Å². The molecular formula is C19H20ClN5OS. The molecule has 27 heavy (non-hydrogen) atoms. The molecule has 0 bridgehead atoms. The molecule has 0 aliphatic carbocycles. The minimum absolute atomic E-state index is 0.0187. The van der Waals surface area contributed by atoms with Crippen molar-refractivity contribution in [3.63, 3.8) is 0 Å². The summed E-state index contributed by atoms with van der Waals surface area (Å²) in [6, 6.07) is 15.5. The third-order valence-corrected chi connectivity index (χ3v) is 5.27. The van der Waals surface area contributed by atoms with Crippen LogP contribution in [0.1, 0.15) is 18.1 Å². The molecule has 1 amide bonds. The highest BCUT2D eigenvalue weighted by atomic mass is 35.5. The Morgan fingerprint density at radius 1 is 1.11 bits per heavy atom. The molecule has 0 atom stereocenters. The van der Waals surface area contributed by atoms with Gasteiger partial charge in [0.2, 0.25) is 11.1 Å². The molecule has 0 radical (unpaired) electrons. The maximum atomic E-state index is 12.5. The number of aryl methyl sites for hydroxylation is 1. The first kappa shape index (κ1) is 19.4. The van der Waals surface area contributed by atoms with E-state index in [2.05, 4.69) is 46.7 Å². The van der Waals surface area contributed by atoms with E-state index >= 15 is 0 Å². The quantitative estimate of drug-likeness (QED) is 0.565. The van der Waals surface area contributed by atoms with Gasteiger partial charge in [0.15, 0.2) is 0 Å². The number of halogens is 1. The average molecular weight is 402 g/mol. The lowest BCUT2D eigenvalue weighted by Crippen LogP contribution is -2.27. The molecule has 6 nitrogen and oxygen atoms in total. The van der Waals surface area contributed by atoms with Gasteiger partial charge >= 0.3 is 0 Å². The number of hydrogen-bond donors (Lipinski definition) is 0. The van der Waals surface area contributed by atoms with E-state index in [1.165, 1.54) is 17.3 Å². The van der Waals surface area contributed by atoms with Crippen LogP contribution in [0.25, 0.3) is 5.69 Å². The van der Waals surface area contributed by atoms with Crippen molar-refractivity contribution in [1.29, 1.82) is 0 Å². The summed E-state index contributed by atoms with van der Waals surface area (Å²) >= 11 is 7.23. The molecular weight excluding hydrogens is 382 g/mol. The Morgan fingerprint density at radius 3 is 2.44 bits per heavy atom. The van der Waals surface area contributed by atoms with Crippen LogP contribution in [0, 0.1) is 0 Å². The van der Waals surface area contributed by atoms with Crippen LogP contribution >= 0.6 is 23.4 Å². The highest BCUT2D eigenvalue weighted by Gasteiger charge is 2.14. The van der Waals surface area contributed by atoms with Gasteiger partial charge in [-0.05, 0) is 52.2 Å². The molecule has 0 aliphatic heterocycles. The third-order valence-electron chi connectivity index (χ3n) is 4.11. The molecule has 0 aliphatic rings. The minimum atomic E-state index is 0.0187. The summed E-state index contributed by atoms with van der Waals surface area (Å²) in [6.07, 6.45) is 1.01. The lowest BCUT2D eigenvalue weighted by Gasteiger charge is -2.17. The Morgan fingerprint density at radius 2 is 1.78 bits per heavy atom. The predicted molar refractivity (Wildman–Crippen MR) is 107 cm³/mol. The van der Waals surface area contributed by atoms with Crippen LogP contribution in [0.3, 0.4) is 0 Å². The van der Waals surface area contributed by atoms with Crippen molar-refractivity contribution in [3.8, 4) is 5.69 Å². The van der Waals surface area contributed by atoms with Gasteiger partial charge in [0.05, 0.1) is 11.4 Å². The molecule has 0 unspecified atom stereocenters. The Kier molecular flexibility index (Phi) is 6.47. The number of benzene rings is 2. The van der Waals surface area contributed by atoms with Gasteiger partial charge in [0, 0.05) is 18.6 Å². The van der Waals surface area contributed by atoms with Gasteiger partial charge in [-0.15, -0.1) is 5.10 Å². The summed E-state index contributed by atoms with van der Waals surface area (Å²) in [5.41, 5.74) is 3.19. The van der Waals surface area contributed by atoms with Gasteiger partial charge in [-0.3, -0.25) is 4.79 Å². The van der Waals surface area contributed by atoms with Crippen LogP contribution < -0.4 is 0 Å². The number of rotatable bonds is 7. The average Bonchev–Trinajstić information content (AvgIpc) is 3.15. The molecule has 2 aromatic carbocycles. The molecule has 8 heteroatoms. The lowest BCUT2D eigenvalue weighted by molar-refractivity contribution is -0.127. The zero-order chi connectivity index (χ0) is 19.2. The largest absolute Gasteiger partial charge is 0.341 e. The Hall–Kier alpha value is -2.38. The fraction of sp³-hybridized carbons (Fsp3) is 0.263. The minimum Gasteiger partial charge on any atom is -0.341 e. The maximum Gasteiger partial charge on any atom is 0.233 e. The van der Waals surface area contributed by atoms with Crippen molar-refractivity contribution in [2.75, 3.05) is 12.8 Å². The Balaban J connectivity index is 1.59. The lowest BCUT2D eigenvalue weighted by atomic mass is 10.1. The fourth-order valence-corrected chi connectivity index (χ4v) is 3.45. The van der Waals surface area contributed by atoms with E-state index in [0.29, 0.717) is 16.7 Å². The molecule has 0 spiro atoms. The molecule has 0 saturated heterocycles. The van der Waals surface area contributed by atoms with Gasteiger partial charge in [-0.2, -0.15) is 4.68 Å². The van der Waals surface area contributed by atoms with Crippen molar-refractivity contribution in [2.45, 2.75) is 25.0 Å². The van der Waals surface area contributed by atoms with Crippen LogP contribution in [-0.2, 0) is 17.8 Å². The van der Waals surface area contributed by atoms with Gasteiger partial charge in [0.25, 0.3) is 0 Å². The first-order chi connectivity index (χ1) is 13.1. The van der Waals surface area contributed by atoms with Crippen LogP contribution in [-0.4, -0.2) is 43.8 Å². The van der Waals surface area contributed by atoms with Gasteiger partial charge in [-0.1, -0.05) is 54.6 Å². The SMILES string of the molecule is CCc1ccc(CN(C)C(=O)CSc2nnnn2-c2ccc(Cl)cc2)cc1. The second kappa shape index (κ2) is 9.01. The second-order valence-electron chi connectivity index (χ2n) is 6.06. The van der Waals surface area contributed by atoms with E-state index in [0.717, 1.165) is 17.7 Å². The van der Waals surface area contributed by atoms with Crippen molar-refractivity contribution in [2.24, 2.45) is 0 Å². The third kappa shape index (κ3) is 5.08. The summed E-state index contributed by atoms with van der Waals surface area (Å²) in [5.74, 6) is 0.280. The normalized spacial score (nSPS) is 10.8. The molecule has 1 aromatic heterocycles. The Bertz CT molecular complexity index is 895. The van der Waals surface area contributed by atoms with E-state index in [1.807, 2.05) is 12.1 Å². The summed E-state index contributed by atoms with van der Waals surface area (Å²) < 4.78 is 1.59. The fourth-order valence-electron chi connectivity index (χ4n) is 2.49. The standard InChI is InChI=1S/C19H20ClN5OS/c1-3-14-4-6-15(7-5-14)12-24(2)18(26)13-27-19-21-22-23-25(19)17-10-8-16(20)9-11-17/h4-11H,3,12-13H2,1-2H3. The molecule has 3 aromatic rings. The van der Waals surface area contributed by atoms with Crippen molar-refractivity contribution in [1.82, 2.24) is 25.1 Å². The highest BCUT2D eigenvalue weighted by molar-refractivity contribution is 7.99. The molecule has 3 rings (SSSR count). The van der Waals surface area contributed by atoms with Gasteiger partial charge in [-0.25, -0.2) is 0 Å².